The fourth-order valence-electron chi connectivity index (χ4n) is 11.1. The Hall–Kier alpha value is -2.61. The summed E-state index contributed by atoms with van der Waals surface area (Å²) in [6.45, 7) is 6.11. The molecule has 8 aliphatic rings. The maximum absolute atomic E-state index is 13.1. The number of esters is 2. The number of carbonyl (C=O) groups is 3. The molecule has 4 fully saturated rings. The normalized spacial score (nSPS) is 48.0. The summed E-state index contributed by atoms with van der Waals surface area (Å²) in [6, 6.07) is -0.821. The molecule has 3 aliphatic heterocycles. The number of methoxy groups -OCH3 is 2. The molecule has 1 amide bonds. The van der Waals surface area contributed by atoms with Gasteiger partial charge in [0, 0.05) is 5.41 Å². The number of allylic oxidation sites excluding steroid dienone is 1. The monoisotopic (exact) mass is 671 g/mol. The molecule has 0 spiro atoms. The number of aliphatic hydroxyl groups excluding tert-OH is 3. The molecule has 3 saturated carbocycles. The third-order valence-corrected chi connectivity index (χ3v) is 13.7. The van der Waals surface area contributed by atoms with E-state index in [0.29, 0.717) is 19.3 Å². The molecule has 0 radical (unpaired) electrons. The van der Waals surface area contributed by atoms with Crippen molar-refractivity contribution in [3.05, 3.63) is 34.4 Å². The van der Waals surface area contributed by atoms with Crippen molar-refractivity contribution in [2.75, 3.05) is 14.2 Å². The Morgan fingerprint density at radius 3 is 2.31 bits per heavy atom. The number of hydrogen-bond acceptors (Lipinski definition) is 11. The van der Waals surface area contributed by atoms with Crippen molar-refractivity contribution >= 4 is 17.8 Å². The quantitative estimate of drug-likeness (QED) is 0.212. The zero-order valence-electron chi connectivity index (χ0n) is 28.3. The fourth-order valence-corrected chi connectivity index (χ4v) is 11.1. The molecule has 2 bridgehead atoms. The van der Waals surface area contributed by atoms with Crippen LogP contribution in [0.3, 0.4) is 0 Å². The standard InChI is InChI=1S/C36H49NO11/c1-16-27(38)28(39)29(40)33(47-16)48-18-8-11-34(2)17(14-18)6-7-23-22(34)9-12-35(3)21(10-13-36(23,35)44)19-15-20-24(31(42)45-4)25(32(43)46-5)26(19)37-30(20)41/h14-16,18,20-23,26-29,33,38-40,44H,6-13H2,1-5H3,(H,37,41)/t16-,18-,20+,21+,22-,23+,26-,27-,28+,29+,33-,34-,35+,36-/m0/s1. The number of carbonyl (C=O) groups excluding carboxylic acids is 3. The van der Waals surface area contributed by atoms with Crippen LogP contribution in [-0.4, -0.2) is 101 Å². The van der Waals surface area contributed by atoms with Gasteiger partial charge in [0.2, 0.25) is 5.91 Å². The lowest BCUT2D eigenvalue weighted by Crippen LogP contribution is -2.62. The summed E-state index contributed by atoms with van der Waals surface area (Å²) >= 11 is 0. The van der Waals surface area contributed by atoms with Crippen LogP contribution in [0.2, 0.25) is 0 Å². The Morgan fingerprint density at radius 2 is 1.60 bits per heavy atom. The highest BCUT2D eigenvalue weighted by Gasteiger charge is 2.68. The van der Waals surface area contributed by atoms with Crippen molar-refractivity contribution in [2.24, 2.45) is 34.5 Å². The summed E-state index contributed by atoms with van der Waals surface area (Å²) < 4.78 is 21.9. The average Bonchev–Trinajstić information content (AvgIpc) is 3.35. The van der Waals surface area contributed by atoms with E-state index in [1.165, 1.54) is 19.8 Å². The van der Waals surface area contributed by atoms with Crippen molar-refractivity contribution in [2.45, 2.75) is 121 Å². The molecule has 12 nitrogen and oxygen atoms in total. The van der Waals surface area contributed by atoms with Crippen LogP contribution in [0.15, 0.2) is 34.4 Å². The third-order valence-electron chi connectivity index (χ3n) is 13.7. The van der Waals surface area contributed by atoms with E-state index in [4.69, 9.17) is 18.9 Å². The predicted molar refractivity (Wildman–Crippen MR) is 168 cm³/mol. The molecule has 264 valence electrons. The topological polar surface area (TPSA) is 181 Å². The van der Waals surface area contributed by atoms with Crippen molar-refractivity contribution in [1.82, 2.24) is 5.32 Å². The Kier molecular flexibility index (Phi) is 8.28. The number of nitrogens with one attached hydrogen (secondary N) is 1. The lowest BCUT2D eigenvalue weighted by Gasteiger charge is -2.62. The van der Waals surface area contributed by atoms with Crippen LogP contribution in [0.4, 0.5) is 0 Å². The molecule has 14 atom stereocenters. The molecule has 12 heteroatoms. The predicted octanol–water partition coefficient (Wildman–Crippen LogP) is 1.59. The van der Waals surface area contributed by atoms with Gasteiger partial charge in [-0.3, -0.25) is 4.79 Å². The molecule has 3 heterocycles. The lowest BCUT2D eigenvalue weighted by molar-refractivity contribution is -0.301. The van der Waals surface area contributed by atoms with Crippen LogP contribution in [0, 0.1) is 34.5 Å². The van der Waals surface area contributed by atoms with Crippen molar-refractivity contribution in [3.63, 3.8) is 0 Å². The van der Waals surface area contributed by atoms with Crippen LogP contribution in [-0.2, 0) is 33.3 Å². The van der Waals surface area contributed by atoms with Gasteiger partial charge < -0.3 is 44.7 Å². The van der Waals surface area contributed by atoms with Gasteiger partial charge in [0.15, 0.2) is 6.29 Å². The molecule has 0 aromatic rings. The van der Waals surface area contributed by atoms with E-state index in [0.717, 1.165) is 37.7 Å². The molecular formula is C36H49NO11. The second-order valence-electron chi connectivity index (χ2n) is 15.6. The second kappa shape index (κ2) is 11.7. The zero-order chi connectivity index (χ0) is 34.5. The molecule has 0 aromatic carbocycles. The van der Waals surface area contributed by atoms with E-state index in [-0.39, 0.29) is 46.3 Å². The van der Waals surface area contributed by atoms with Gasteiger partial charge in [-0.1, -0.05) is 31.6 Å². The van der Waals surface area contributed by atoms with Crippen molar-refractivity contribution in [1.29, 1.82) is 0 Å². The molecule has 0 aromatic heterocycles. The van der Waals surface area contributed by atoms with Gasteiger partial charge in [0.1, 0.15) is 18.3 Å². The van der Waals surface area contributed by atoms with Gasteiger partial charge >= 0.3 is 11.9 Å². The lowest BCUT2D eigenvalue weighted by atomic mass is 9.44. The minimum absolute atomic E-state index is 0.0240. The van der Waals surface area contributed by atoms with Crippen LogP contribution in [0.5, 0.6) is 0 Å². The molecule has 5 aliphatic carbocycles. The van der Waals surface area contributed by atoms with Crippen LogP contribution < -0.4 is 5.32 Å². The van der Waals surface area contributed by atoms with Crippen LogP contribution in [0.25, 0.3) is 0 Å². The number of hydrogen-bond donors (Lipinski definition) is 5. The Labute approximate surface area is 280 Å². The summed E-state index contributed by atoms with van der Waals surface area (Å²) in [6.07, 6.45) is 4.19. The molecule has 8 rings (SSSR count). The van der Waals surface area contributed by atoms with Gasteiger partial charge in [-0.25, -0.2) is 9.59 Å². The number of fused-ring (bicyclic) bond motifs is 6. The molecule has 1 saturated heterocycles. The van der Waals surface area contributed by atoms with E-state index < -0.39 is 65.6 Å². The number of aliphatic hydroxyl groups is 4. The highest BCUT2D eigenvalue weighted by Crippen LogP contribution is 2.70. The first-order valence-electron chi connectivity index (χ1n) is 17.4. The third kappa shape index (κ3) is 4.66. The maximum Gasteiger partial charge on any atom is 0.336 e. The van der Waals surface area contributed by atoms with Gasteiger partial charge in [-0.2, -0.15) is 0 Å². The van der Waals surface area contributed by atoms with Crippen LogP contribution >= 0.6 is 0 Å². The molecule has 0 unspecified atom stereocenters. The highest BCUT2D eigenvalue weighted by molar-refractivity contribution is 6.10. The maximum atomic E-state index is 13.1. The minimum atomic E-state index is -1.35. The Morgan fingerprint density at radius 1 is 0.896 bits per heavy atom. The Bertz CT molecular complexity index is 1490. The Balaban J connectivity index is 1.13. The van der Waals surface area contributed by atoms with Gasteiger partial charge in [-0.05, 0) is 87.0 Å². The average molecular weight is 672 g/mol. The number of rotatable bonds is 5. The van der Waals surface area contributed by atoms with E-state index in [1.54, 1.807) is 6.92 Å². The summed E-state index contributed by atoms with van der Waals surface area (Å²) in [5.74, 6) is -2.53. The summed E-state index contributed by atoms with van der Waals surface area (Å²) in [5.41, 5.74) is 0.685. The van der Waals surface area contributed by atoms with E-state index in [2.05, 4.69) is 25.2 Å². The SMILES string of the molecule is COC(=O)C1=C(C(=O)OC)[C@H]2NC(=O)[C@@H]1C=C2[C@H]1CC[C@]2(O)[C@@H]3CCC4=C[C@@H](O[C@@H]5O[C@@H](C)[C@H](O)[C@@H](O)[C@H]5O)CC[C@]4(C)[C@H]3CC[C@]12C. The van der Waals surface area contributed by atoms with Crippen molar-refractivity contribution in [3.8, 4) is 0 Å². The highest BCUT2D eigenvalue weighted by atomic mass is 16.7. The first-order chi connectivity index (χ1) is 22.7. The summed E-state index contributed by atoms with van der Waals surface area (Å²) in [5, 5.41) is 46.7. The number of amides is 1. The molecule has 48 heavy (non-hydrogen) atoms. The first kappa shape index (κ1) is 33.9. The van der Waals surface area contributed by atoms with Crippen LogP contribution in [0.1, 0.15) is 72.1 Å². The van der Waals surface area contributed by atoms with Gasteiger partial charge in [-0.15, -0.1) is 0 Å². The second-order valence-corrected chi connectivity index (χ2v) is 15.6. The van der Waals surface area contributed by atoms with Crippen molar-refractivity contribution < 1.29 is 53.8 Å². The van der Waals surface area contributed by atoms with Gasteiger partial charge in [0.25, 0.3) is 0 Å². The summed E-state index contributed by atoms with van der Waals surface area (Å²) in [4.78, 5) is 38.9. The zero-order valence-corrected chi connectivity index (χ0v) is 28.3. The van der Waals surface area contributed by atoms with E-state index in [9.17, 15) is 34.8 Å². The number of ether oxygens (including phenoxy) is 4. The van der Waals surface area contributed by atoms with E-state index >= 15 is 0 Å². The fraction of sp³-hybridized carbons (Fsp3) is 0.750. The largest absolute Gasteiger partial charge is 0.466 e. The summed E-state index contributed by atoms with van der Waals surface area (Å²) in [7, 11) is 2.48. The molecule has 5 N–H and O–H groups in total. The smallest absolute Gasteiger partial charge is 0.336 e. The minimum Gasteiger partial charge on any atom is -0.466 e. The molecular weight excluding hydrogens is 622 g/mol. The van der Waals surface area contributed by atoms with Gasteiger partial charge in [0.05, 0.1) is 55.1 Å². The first-order valence-corrected chi connectivity index (χ1v) is 17.4. The van der Waals surface area contributed by atoms with E-state index in [1.807, 2.05) is 6.08 Å².